The summed E-state index contributed by atoms with van der Waals surface area (Å²) >= 11 is 3.41. The lowest BCUT2D eigenvalue weighted by Crippen LogP contribution is -2.46. The van der Waals surface area contributed by atoms with Gasteiger partial charge in [0.05, 0.1) is 0 Å². The predicted octanol–water partition coefficient (Wildman–Crippen LogP) is 3.27. The van der Waals surface area contributed by atoms with Crippen LogP contribution in [-0.4, -0.2) is 36.6 Å². The van der Waals surface area contributed by atoms with Gasteiger partial charge < -0.3 is 19.7 Å². The van der Waals surface area contributed by atoms with E-state index in [0.29, 0.717) is 25.1 Å². The van der Waals surface area contributed by atoms with Gasteiger partial charge in [0.25, 0.3) is 0 Å². The lowest BCUT2D eigenvalue weighted by molar-refractivity contribution is -0.140. The molecule has 3 rings (SSSR count). The Morgan fingerprint density at radius 3 is 2.50 bits per heavy atom. The first-order chi connectivity index (χ1) is 13.5. The van der Waals surface area contributed by atoms with Crippen molar-refractivity contribution in [3.05, 3.63) is 58.1 Å². The standard InChI is InChI=1S/C21H23BrN2O4/c1-14(21(26)23-2)24(12-16-3-7-17(22)8-4-16)20(25)10-6-15-5-9-18-19(11-15)28-13-27-18/h3-5,7-9,11,14H,6,10,12-13H2,1-2H3,(H,23,26)/t14-/m0/s1. The van der Waals surface area contributed by atoms with Gasteiger partial charge in [-0.3, -0.25) is 9.59 Å². The van der Waals surface area contributed by atoms with Gasteiger partial charge in [-0.25, -0.2) is 0 Å². The highest BCUT2D eigenvalue weighted by Gasteiger charge is 2.25. The first kappa shape index (κ1) is 20.2. The number of ether oxygens (including phenoxy) is 2. The number of rotatable bonds is 7. The fraction of sp³-hybridized carbons (Fsp3) is 0.333. The molecule has 2 aromatic carbocycles. The van der Waals surface area contributed by atoms with Crippen molar-refractivity contribution in [3.63, 3.8) is 0 Å². The van der Waals surface area contributed by atoms with Crippen molar-refractivity contribution in [2.75, 3.05) is 13.8 Å². The summed E-state index contributed by atoms with van der Waals surface area (Å²) < 4.78 is 11.7. The first-order valence-electron chi connectivity index (χ1n) is 9.12. The maximum absolute atomic E-state index is 13.0. The molecule has 148 valence electrons. The molecule has 7 heteroatoms. The minimum absolute atomic E-state index is 0.0725. The third-order valence-electron chi connectivity index (χ3n) is 4.74. The third kappa shape index (κ3) is 4.84. The van der Waals surface area contributed by atoms with Crippen molar-refractivity contribution in [2.45, 2.75) is 32.4 Å². The van der Waals surface area contributed by atoms with E-state index in [1.54, 1.807) is 18.9 Å². The van der Waals surface area contributed by atoms with Crippen molar-refractivity contribution in [1.82, 2.24) is 10.2 Å². The molecule has 0 aliphatic carbocycles. The second kappa shape index (κ2) is 9.10. The molecule has 1 N–H and O–H groups in total. The monoisotopic (exact) mass is 446 g/mol. The van der Waals surface area contributed by atoms with Crippen LogP contribution >= 0.6 is 15.9 Å². The molecule has 0 aromatic heterocycles. The van der Waals surface area contributed by atoms with Crippen molar-refractivity contribution in [2.24, 2.45) is 0 Å². The molecule has 0 saturated heterocycles. The third-order valence-corrected chi connectivity index (χ3v) is 5.27. The van der Waals surface area contributed by atoms with Crippen LogP contribution in [0.5, 0.6) is 11.5 Å². The van der Waals surface area contributed by atoms with Crippen LogP contribution in [0.15, 0.2) is 46.9 Å². The Balaban J connectivity index is 1.70. The second-order valence-corrected chi connectivity index (χ2v) is 7.54. The highest BCUT2D eigenvalue weighted by molar-refractivity contribution is 9.10. The molecule has 1 aliphatic rings. The summed E-state index contributed by atoms with van der Waals surface area (Å²) in [5.74, 6) is 1.17. The number of benzene rings is 2. The van der Waals surface area contributed by atoms with Crippen molar-refractivity contribution in [1.29, 1.82) is 0 Å². The van der Waals surface area contributed by atoms with Gasteiger partial charge in [-0.1, -0.05) is 34.1 Å². The Labute approximate surface area is 172 Å². The number of nitrogens with one attached hydrogen (secondary N) is 1. The van der Waals surface area contributed by atoms with E-state index < -0.39 is 6.04 Å². The van der Waals surface area contributed by atoms with Crippen LogP contribution in [-0.2, 0) is 22.6 Å². The molecule has 0 spiro atoms. The Kier molecular flexibility index (Phi) is 6.57. The molecule has 28 heavy (non-hydrogen) atoms. The number of likely N-dealkylation sites (N-methyl/N-ethyl adjacent to an activating group) is 1. The van der Waals surface area contributed by atoms with Crippen LogP contribution in [0.2, 0.25) is 0 Å². The predicted molar refractivity (Wildman–Crippen MR) is 109 cm³/mol. The summed E-state index contributed by atoms with van der Waals surface area (Å²) in [7, 11) is 1.58. The van der Waals surface area contributed by atoms with Crippen molar-refractivity contribution < 1.29 is 19.1 Å². The summed E-state index contributed by atoms with van der Waals surface area (Å²) in [6.07, 6.45) is 0.865. The molecule has 2 aromatic rings. The Hall–Kier alpha value is -2.54. The van der Waals surface area contributed by atoms with Gasteiger partial charge in [0.15, 0.2) is 11.5 Å². The Morgan fingerprint density at radius 2 is 1.79 bits per heavy atom. The van der Waals surface area contributed by atoms with E-state index >= 15 is 0 Å². The highest BCUT2D eigenvalue weighted by atomic mass is 79.9. The quantitative estimate of drug-likeness (QED) is 0.708. The van der Waals surface area contributed by atoms with Gasteiger partial charge in [-0.05, 0) is 48.7 Å². The van der Waals surface area contributed by atoms with Crippen LogP contribution in [0.25, 0.3) is 0 Å². The van der Waals surface area contributed by atoms with E-state index in [1.165, 1.54) is 0 Å². The van der Waals surface area contributed by atoms with Crippen molar-refractivity contribution in [3.8, 4) is 11.5 Å². The summed E-state index contributed by atoms with van der Waals surface area (Å²) in [6, 6.07) is 12.9. The molecule has 0 radical (unpaired) electrons. The van der Waals surface area contributed by atoms with E-state index in [2.05, 4.69) is 21.2 Å². The fourth-order valence-corrected chi connectivity index (χ4v) is 3.33. The minimum Gasteiger partial charge on any atom is -0.454 e. The summed E-state index contributed by atoms with van der Waals surface area (Å²) in [5, 5.41) is 2.63. The molecule has 0 unspecified atom stereocenters. The van der Waals surface area contributed by atoms with E-state index in [-0.39, 0.29) is 18.6 Å². The van der Waals surface area contributed by atoms with Gasteiger partial charge >= 0.3 is 0 Å². The molecule has 0 bridgehead atoms. The smallest absolute Gasteiger partial charge is 0.242 e. The van der Waals surface area contributed by atoms with E-state index in [0.717, 1.165) is 21.3 Å². The van der Waals surface area contributed by atoms with Crippen molar-refractivity contribution >= 4 is 27.7 Å². The van der Waals surface area contributed by atoms with Gasteiger partial charge in [0.1, 0.15) is 6.04 Å². The molecule has 1 heterocycles. The number of nitrogens with zero attached hydrogens (tertiary/aromatic N) is 1. The van der Waals surface area contributed by atoms with Crippen LogP contribution < -0.4 is 14.8 Å². The number of fused-ring (bicyclic) bond motifs is 1. The van der Waals surface area contributed by atoms with Crippen LogP contribution in [0.4, 0.5) is 0 Å². The maximum atomic E-state index is 13.0. The summed E-state index contributed by atoms with van der Waals surface area (Å²) in [6.45, 7) is 2.35. The van der Waals surface area contributed by atoms with Crippen LogP contribution in [0.1, 0.15) is 24.5 Å². The molecule has 0 saturated carbocycles. The van der Waals surface area contributed by atoms with Gasteiger partial charge in [-0.15, -0.1) is 0 Å². The Bertz CT molecular complexity index is 854. The van der Waals surface area contributed by atoms with E-state index in [4.69, 9.17) is 9.47 Å². The van der Waals surface area contributed by atoms with Gasteiger partial charge in [0.2, 0.25) is 18.6 Å². The summed E-state index contributed by atoms with van der Waals surface area (Å²) in [5.41, 5.74) is 1.96. The van der Waals surface area contributed by atoms with Crippen LogP contribution in [0.3, 0.4) is 0 Å². The number of aryl methyl sites for hydroxylation is 1. The molecular formula is C21H23BrN2O4. The zero-order valence-electron chi connectivity index (χ0n) is 15.9. The fourth-order valence-electron chi connectivity index (χ4n) is 3.07. The lowest BCUT2D eigenvalue weighted by Gasteiger charge is -2.28. The molecule has 1 atom stereocenters. The number of hydrogen-bond acceptors (Lipinski definition) is 4. The highest BCUT2D eigenvalue weighted by Crippen LogP contribution is 2.32. The Morgan fingerprint density at radius 1 is 1.11 bits per heavy atom. The second-order valence-electron chi connectivity index (χ2n) is 6.63. The van der Waals surface area contributed by atoms with E-state index in [9.17, 15) is 9.59 Å². The number of carbonyl (C=O) groups is 2. The molecule has 1 aliphatic heterocycles. The normalized spacial score (nSPS) is 13.1. The number of amides is 2. The van der Waals surface area contributed by atoms with Gasteiger partial charge in [0, 0.05) is 24.5 Å². The molecule has 2 amide bonds. The van der Waals surface area contributed by atoms with Crippen LogP contribution in [0, 0.1) is 0 Å². The average molecular weight is 447 g/mol. The maximum Gasteiger partial charge on any atom is 0.242 e. The molecular weight excluding hydrogens is 424 g/mol. The zero-order valence-corrected chi connectivity index (χ0v) is 17.5. The number of carbonyl (C=O) groups excluding carboxylic acids is 2. The lowest BCUT2D eigenvalue weighted by atomic mass is 10.1. The number of hydrogen-bond donors (Lipinski definition) is 1. The SMILES string of the molecule is CNC(=O)[C@H](C)N(Cc1ccc(Br)cc1)C(=O)CCc1ccc2c(c1)OCO2. The number of halogens is 1. The average Bonchev–Trinajstić information content (AvgIpc) is 3.18. The molecule has 0 fully saturated rings. The minimum atomic E-state index is -0.557. The summed E-state index contributed by atoms with van der Waals surface area (Å²) in [4.78, 5) is 26.7. The largest absolute Gasteiger partial charge is 0.454 e. The first-order valence-corrected chi connectivity index (χ1v) is 9.91. The molecule has 6 nitrogen and oxygen atoms in total. The zero-order chi connectivity index (χ0) is 20.1. The topological polar surface area (TPSA) is 67.9 Å². The van der Waals surface area contributed by atoms with E-state index in [1.807, 2.05) is 42.5 Å². The van der Waals surface area contributed by atoms with Gasteiger partial charge in [-0.2, -0.15) is 0 Å².